The Morgan fingerprint density at radius 3 is 2.31 bits per heavy atom. The third-order valence-electron chi connectivity index (χ3n) is 5.50. The Kier molecular flexibility index (Phi) is 5.84. The highest BCUT2D eigenvalue weighted by Crippen LogP contribution is 2.19. The number of carbonyl (C=O) groups excluding carboxylic acids is 2. The summed E-state index contributed by atoms with van der Waals surface area (Å²) < 4.78 is 1.95. The Morgan fingerprint density at radius 2 is 1.69 bits per heavy atom. The highest BCUT2D eigenvalue weighted by atomic mass is 16.2. The van der Waals surface area contributed by atoms with E-state index in [0.29, 0.717) is 0 Å². The first-order valence-corrected chi connectivity index (χ1v) is 9.84. The minimum Gasteiger partial charge on any atom is -0.351 e. The fraction of sp³-hybridized carbons (Fsp3) is 0.737. The Hall–Kier alpha value is -2.05. The van der Waals surface area contributed by atoms with Crippen LogP contribution in [0.4, 0.5) is 4.79 Å². The summed E-state index contributed by atoms with van der Waals surface area (Å²) in [5, 5.41) is 3.16. The van der Waals surface area contributed by atoms with E-state index in [-0.39, 0.29) is 29.9 Å². The Balaban J connectivity index is 1.50. The molecule has 7 nitrogen and oxygen atoms in total. The molecule has 144 valence electrons. The van der Waals surface area contributed by atoms with Crippen molar-refractivity contribution in [3.05, 3.63) is 18.2 Å². The maximum Gasteiger partial charge on any atom is 0.319 e. The van der Waals surface area contributed by atoms with Crippen LogP contribution in [0, 0.1) is 0 Å². The number of nitrogens with zero attached hydrogens (tertiary/aromatic N) is 4. The van der Waals surface area contributed by atoms with Gasteiger partial charge in [-0.3, -0.25) is 4.79 Å². The van der Waals surface area contributed by atoms with Gasteiger partial charge in [-0.1, -0.05) is 13.8 Å². The monoisotopic (exact) mass is 361 g/mol. The van der Waals surface area contributed by atoms with Crippen LogP contribution >= 0.6 is 0 Å². The first kappa shape index (κ1) is 18.7. The second-order valence-corrected chi connectivity index (χ2v) is 7.77. The van der Waals surface area contributed by atoms with Crippen LogP contribution in [0.3, 0.4) is 0 Å². The summed E-state index contributed by atoms with van der Waals surface area (Å²) >= 11 is 0. The zero-order chi connectivity index (χ0) is 18.7. The maximum absolute atomic E-state index is 12.7. The number of piperidine rings is 1. The van der Waals surface area contributed by atoms with E-state index < -0.39 is 0 Å². The number of imidazole rings is 1. The van der Waals surface area contributed by atoms with Crippen LogP contribution < -0.4 is 5.32 Å². The van der Waals surface area contributed by atoms with Crippen LogP contribution in [0.1, 0.15) is 64.2 Å². The van der Waals surface area contributed by atoms with Crippen LogP contribution in [0.15, 0.2) is 12.4 Å². The predicted octanol–water partition coefficient (Wildman–Crippen LogP) is 2.36. The molecular formula is C19H31N5O2. The smallest absolute Gasteiger partial charge is 0.319 e. The lowest BCUT2D eigenvalue weighted by Crippen LogP contribution is -2.50. The highest BCUT2D eigenvalue weighted by Gasteiger charge is 2.29. The molecule has 0 aromatic carbocycles. The molecule has 1 aromatic rings. The molecular weight excluding hydrogens is 330 g/mol. The number of likely N-dealkylation sites (tertiary alicyclic amines) is 2. The molecule has 2 aliphatic rings. The molecule has 1 N–H and O–H groups in total. The van der Waals surface area contributed by atoms with Crippen molar-refractivity contribution in [3.8, 4) is 0 Å². The molecule has 26 heavy (non-hydrogen) atoms. The van der Waals surface area contributed by atoms with Gasteiger partial charge in [0.05, 0.1) is 0 Å². The number of urea groups is 1. The van der Waals surface area contributed by atoms with E-state index in [0.717, 1.165) is 57.7 Å². The van der Waals surface area contributed by atoms with Gasteiger partial charge in [-0.15, -0.1) is 0 Å². The Labute approximate surface area is 155 Å². The molecule has 0 aliphatic carbocycles. The molecule has 3 amide bonds. The number of nitrogens with one attached hydrogen (secondary N) is 1. The number of hydrogen-bond acceptors (Lipinski definition) is 3. The first-order chi connectivity index (χ1) is 12.5. The topological polar surface area (TPSA) is 70.5 Å². The third kappa shape index (κ3) is 4.02. The number of rotatable bonds is 4. The van der Waals surface area contributed by atoms with Crippen LogP contribution in [0.2, 0.25) is 0 Å². The summed E-state index contributed by atoms with van der Waals surface area (Å²) in [7, 11) is 0. The molecule has 1 aromatic heterocycles. The van der Waals surface area contributed by atoms with Gasteiger partial charge >= 0.3 is 6.03 Å². The van der Waals surface area contributed by atoms with Crippen molar-refractivity contribution < 1.29 is 9.59 Å². The molecule has 2 fully saturated rings. The van der Waals surface area contributed by atoms with Gasteiger partial charge < -0.3 is 19.7 Å². The molecule has 1 atom stereocenters. The van der Waals surface area contributed by atoms with Gasteiger partial charge in [-0.25, -0.2) is 9.78 Å². The van der Waals surface area contributed by atoms with Crippen LogP contribution in [-0.4, -0.2) is 63.5 Å². The molecule has 0 saturated carbocycles. The third-order valence-corrected chi connectivity index (χ3v) is 5.50. The fourth-order valence-electron chi connectivity index (χ4n) is 3.87. The van der Waals surface area contributed by atoms with Gasteiger partial charge in [-0.05, 0) is 32.6 Å². The normalized spacial score (nSPS) is 19.8. The SMILES string of the molecule is CC(C)c1nccn1[C@@H](C)C(=O)NC1CCN(C(=O)N2CCCC2)CC1. The van der Waals surface area contributed by atoms with Crippen molar-refractivity contribution in [1.82, 2.24) is 24.7 Å². The standard InChI is InChI=1S/C19H31N5O2/c1-14(2)17-20-8-13-24(17)15(3)18(25)21-16-6-11-23(12-7-16)19(26)22-9-4-5-10-22/h8,13-16H,4-7,9-12H2,1-3H3,(H,21,25)/t15-/m0/s1. The lowest BCUT2D eigenvalue weighted by molar-refractivity contribution is -0.124. The van der Waals surface area contributed by atoms with E-state index >= 15 is 0 Å². The van der Waals surface area contributed by atoms with E-state index in [1.807, 2.05) is 27.5 Å². The van der Waals surface area contributed by atoms with Gasteiger partial charge in [0.2, 0.25) is 5.91 Å². The van der Waals surface area contributed by atoms with Crippen LogP contribution in [0.25, 0.3) is 0 Å². The van der Waals surface area contributed by atoms with E-state index in [4.69, 9.17) is 0 Å². The van der Waals surface area contributed by atoms with E-state index in [1.54, 1.807) is 6.20 Å². The van der Waals surface area contributed by atoms with Gasteiger partial charge in [-0.2, -0.15) is 0 Å². The molecule has 0 bridgehead atoms. The van der Waals surface area contributed by atoms with Gasteiger partial charge in [0, 0.05) is 50.5 Å². The Bertz CT molecular complexity index is 628. The average molecular weight is 361 g/mol. The molecule has 0 unspecified atom stereocenters. The number of carbonyl (C=O) groups is 2. The number of amides is 3. The first-order valence-electron chi connectivity index (χ1n) is 9.84. The van der Waals surface area contributed by atoms with E-state index in [1.165, 1.54) is 0 Å². The molecule has 0 radical (unpaired) electrons. The minimum atomic E-state index is -0.279. The van der Waals surface area contributed by atoms with Crippen molar-refractivity contribution in [2.75, 3.05) is 26.2 Å². The molecule has 7 heteroatoms. The lowest BCUT2D eigenvalue weighted by atomic mass is 10.0. The van der Waals surface area contributed by atoms with E-state index in [2.05, 4.69) is 24.1 Å². The van der Waals surface area contributed by atoms with Crippen molar-refractivity contribution >= 4 is 11.9 Å². The van der Waals surface area contributed by atoms with Crippen molar-refractivity contribution in [1.29, 1.82) is 0 Å². The summed E-state index contributed by atoms with van der Waals surface area (Å²) in [5.41, 5.74) is 0. The predicted molar refractivity (Wildman–Crippen MR) is 100.0 cm³/mol. The summed E-state index contributed by atoms with van der Waals surface area (Å²) in [5.74, 6) is 1.23. The Morgan fingerprint density at radius 1 is 1.08 bits per heavy atom. The lowest BCUT2D eigenvalue weighted by Gasteiger charge is -2.35. The molecule has 2 aliphatic heterocycles. The number of aromatic nitrogens is 2. The quantitative estimate of drug-likeness (QED) is 0.895. The average Bonchev–Trinajstić information content (AvgIpc) is 3.32. The zero-order valence-corrected chi connectivity index (χ0v) is 16.1. The largest absolute Gasteiger partial charge is 0.351 e. The summed E-state index contributed by atoms with van der Waals surface area (Å²) in [6.45, 7) is 9.28. The second-order valence-electron chi connectivity index (χ2n) is 7.77. The molecule has 0 spiro atoms. The summed E-state index contributed by atoms with van der Waals surface area (Å²) in [6, 6.07) is 0.0263. The molecule has 2 saturated heterocycles. The summed E-state index contributed by atoms with van der Waals surface area (Å²) in [4.78, 5) is 33.4. The number of hydrogen-bond donors (Lipinski definition) is 1. The highest BCUT2D eigenvalue weighted by molar-refractivity contribution is 5.80. The van der Waals surface area contributed by atoms with Crippen LogP contribution in [0.5, 0.6) is 0 Å². The van der Waals surface area contributed by atoms with Crippen molar-refractivity contribution in [3.63, 3.8) is 0 Å². The minimum absolute atomic E-state index is 0.0224. The van der Waals surface area contributed by atoms with Crippen molar-refractivity contribution in [2.24, 2.45) is 0 Å². The maximum atomic E-state index is 12.7. The summed E-state index contributed by atoms with van der Waals surface area (Å²) in [6.07, 6.45) is 7.49. The fourth-order valence-corrected chi connectivity index (χ4v) is 3.87. The second kappa shape index (κ2) is 8.10. The van der Waals surface area contributed by atoms with Crippen LogP contribution in [-0.2, 0) is 4.79 Å². The van der Waals surface area contributed by atoms with E-state index in [9.17, 15) is 9.59 Å². The van der Waals surface area contributed by atoms with Crippen molar-refractivity contribution in [2.45, 2.75) is 64.5 Å². The van der Waals surface area contributed by atoms with Gasteiger partial charge in [0.25, 0.3) is 0 Å². The molecule has 3 heterocycles. The molecule has 3 rings (SSSR count). The van der Waals surface area contributed by atoms with Gasteiger partial charge in [0.1, 0.15) is 11.9 Å². The van der Waals surface area contributed by atoms with Gasteiger partial charge in [0.15, 0.2) is 0 Å². The zero-order valence-electron chi connectivity index (χ0n) is 16.1.